The molecule has 106 valence electrons. The molecule has 19 heavy (non-hydrogen) atoms. The van der Waals surface area contributed by atoms with E-state index >= 15 is 0 Å². The standard InChI is InChI=1S/C11H15ClN2O4S/c1-14(2)19(17,18)6-5-13-11(16)9-4-3-8(12)7-10(9)15/h3-4,7,15H,5-6H2,1-2H3,(H,13,16). The fourth-order valence-electron chi connectivity index (χ4n) is 1.27. The Bertz CT molecular complexity index is 572. The van der Waals surface area contributed by atoms with E-state index in [1.165, 1.54) is 32.3 Å². The van der Waals surface area contributed by atoms with Crippen LogP contribution in [-0.4, -0.2) is 50.1 Å². The average molecular weight is 307 g/mol. The minimum Gasteiger partial charge on any atom is -0.507 e. The summed E-state index contributed by atoms with van der Waals surface area (Å²) < 4.78 is 24.0. The third-order valence-electron chi connectivity index (χ3n) is 2.41. The van der Waals surface area contributed by atoms with Crippen LogP contribution in [0.1, 0.15) is 10.4 Å². The van der Waals surface area contributed by atoms with E-state index in [4.69, 9.17) is 11.6 Å². The summed E-state index contributed by atoms with van der Waals surface area (Å²) in [5.74, 6) is -1.01. The van der Waals surface area contributed by atoms with E-state index in [9.17, 15) is 18.3 Å². The zero-order valence-corrected chi connectivity index (χ0v) is 12.1. The number of sulfonamides is 1. The number of hydrogen-bond acceptors (Lipinski definition) is 4. The van der Waals surface area contributed by atoms with Crippen LogP contribution in [0.3, 0.4) is 0 Å². The largest absolute Gasteiger partial charge is 0.507 e. The van der Waals surface area contributed by atoms with Crippen LogP contribution in [0.15, 0.2) is 18.2 Å². The quantitative estimate of drug-likeness (QED) is 0.837. The molecule has 0 heterocycles. The Morgan fingerprint density at radius 1 is 1.42 bits per heavy atom. The van der Waals surface area contributed by atoms with Crippen molar-refractivity contribution in [1.82, 2.24) is 9.62 Å². The number of rotatable bonds is 5. The van der Waals surface area contributed by atoms with Crippen molar-refractivity contribution in [2.24, 2.45) is 0 Å². The summed E-state index contributed by atoms with van der Waals surface area (Å²) in [4.78, 5) is 11.7. The van der Waals surface area contributed by atoms with Gasteiger partial charge in [-0.25, -0.2) is 12.7 Å². The third kappa shape index (κ3) is 4.38. The maximum Gasteiger partial charge on any atom is 0.255 e. The van der Waals surface area contributed by atoms with Gasteiger partial charge in [-0.1, -0.05) is 11.6 Å². The molecule has 0 saturated heterocycles. The number of benzene rings is 1. The molecule has 0 aliphatic heterocycles. The molecule has 0 radical (unpaired) electrons. The first-order valence-corrected chi connectivity index (χ1v) is 7.39. The van der Waals surface area contributed by atoms with Crippen LogP contribution in [0, 0.1) is 0 Å². The molecule has 0 aliphatic carbocycles. The molecule has 0 spiro atoms. The summed E-state index contributed by atoms with van der Waals surface area (Å²) in [7, 11) is -0.520. The van der Waals surface area contributed by atoms with E-state index in [0.29, 0.717) is 5.02 Å². The van der Waals surface area contributed by atoms with E-state index in [2.05, 4.69) is 5.32 Å². The highest BCUT2D eigenvalue weighted by atomic mass is 35.5. The molecule has 0 bridgehead atoms. The van der Waals surface area contributed by atoms with Gasteiger partial charge in [0.2, 0.25) is 10.0 Å². The number of phenols is 1. The number of carbonyl (C=O) groups is 1. The van der Waals surface area contributed by atoms with Gasteiger partial charge in [-0.15, -0.1) is 0 Å². The molecule has 0 aromatic heterocycles. The molecule has 8 heteroatoms. The fourth-order valence-corrected chi connectivity index (χ4v) is 2.16. The first-order chi connectivity index (χ1) is 8.74. The molecule has 0 atom stereocenters. The van der Waals surface area contributed by atoms with Gasteiger partial charge in [0.1, 0.15) is 5.75 Å². The smallest absolute Gasteiger partial charge is 0.255 e. The number of hydrogen-bond donors (Lipinski definition) is 2. The molecule has 1 aromatic carbocycles. The van der Waals surface area contributed by atoms with Gasteiger partial charge >= 0.3 is 0 Å². The van der Waals surface area contributed by atoms with Crippen molar-refractivity contribution in [2.75, 3.05) is 26.4 Å². The minimum atomic E-state index is -3.36. The Labute approximate surface area is 117 Å². The first-order valence-electron chi connectivity index (χ1n) is 5.41. The number of phenolic OH excluding ortho intramolecular Hbond substituents is 1. The van der Waals surface area contributed by atoms with Gasteiger partial charge in [-0.3, -0.25) is 4.79 Å². The van der Waals surface area contributed by atoms with Crippen molar-refractivity contribution >= 4 is 27.5 Å². The lowest BCUT2D eigenvalue weighted by Crippen LogP contribution is -2.33. The topological polar surface area (TPSA) is 86.7 Å². The molecule has 0 saturated carbocycles. The van der Waals surface area contributed by atoms with E-state index in [-0.39, 0.29) is 23.6 Å². The predicted molar refractivity (Wildman–Crippen MR) is 72.9 cm³/mol. The first kappa shape index (κ1) is 15.7. The number of halogens is 1. The van der Waals surface area contributed by atoms with Crippen LogP contribution in [0.4, 0.5) is 0 Å². The van der Waals surface area contributed by atoms with E-state index in [1.807, 2.05) is 0 Å². The normalized spacial score (nSPS) is 11.6. The van der Waals surface area contributed by atoms with Gasteiger partial charge in [0.05, 0.1) is 11.3 Å². The highest BCUT2D eigenvalue weighted by molar-refractivity contribution is 7.89. The van der Waals surface area contributed by atoms with Gasteiger partial charge in [0.25, 0.3) is 5.91 Å². The SMILES string of the molecule is CN(C)S(=O)(=O)CCNC(=O)c1ccc(Cl)cc1O. The van der Waals surface area contributed by atoms with Crippen molar-refractivity contribution in [3.05, 3.63) is 28.8 Å². The maximum absolute atomic E-state index is 11.7. The number of nitrogens with zero attached hydrogens (tertiary/aromatic N) is 1. The Kier molecular flexibility index (Phi) is 5.16. The lowest BCUT2D eigenvalue weighted by atomic mass is 10.2. The van der Waals surface area contributed by atoms with Crippen LogP contribution in [0.5, 0.6) is 5.75 Å². The molecule has 0 fully saturated rings. The average Bonchev–Trinajstić information content (AvgIpc) is 2.28. The molecule has 0 aliphatic rings. The molecule has 6 nitrogen and oxygen atoms in total. The van der Waals surface area contributed by atoms with Crippen molar-refractivity contribution in [2.45, 2.75) is 0 Å². The monoisotopic (exact) mass is 306 g/mol. The van der Waals surface area contributed by atoms with Gasteiger partial charge < -0.3 is 10.4 Å². The van der Waals surface area contributed by atoms with Crippen LogP contribution in [0.25, 0.3) is 0 Å². The summed E-state index contributed by atoms with van der Waals surface area (Å²) in [6, 6.07) is 4.08. The highest BCUT2D eigenvalue weighted by Crippen LogP contribution is 2.21. The van der Waals surface area contributed by atoms with E-state index in [1.54, 1.807) is 0 Å². The summed E-state index contributed by atoms with van der Waals surface area (Å²) in [5, 5.41) is 12.3. The van der Waals surface area contributed by atoms with Gasteiger partial charge in [0.15, 0.2) is 0 Å². The number of nitrogens with one attached hydrogen (secondary N) is 1. The zero-order valence-electron chi connectivity index (χ0n) is 10.6. The van der Waals surface area contributed by atoms with E-state index < -0.39 is 15.9 Å². The number of aromatic hydroxyl groups is 1. The van der Waals surface area contributed by atoms with Crippen molar-refractivity contribution in [3.8, 4) is 5.75 Å². The zero-order chi connectivity index (χ0) is 14.6. The second kappa shape index (κ2) is 6.23. The molecule has 0 unspecified atom stereocenters. The van der Waals surface area contributed by atoms with Crippen LogP contribution >= 0.6 is 11.6 Å². The summed E-state index contributed by atoms with van der Waals surface area (Å²) in [5.41, 5.74) is 0.0478. The highest BCUT2D eigenvalue weighted by Gasteiger charge is 2.15. The van der Waals surface area contributed by atoms with Crippen LogP contribution in [0.2, 0.25) is 5.02 Å². The fraction of sp³-hybridized carbons (Fsp3) is 0.364. The summed E-state index contributed by atoms with van der Waals surface area (Å²) in [6.45, 7) is -0.0403. The Morgan fingerprint density at radius 2 is 2.05 bits per heavy atom. The lowest BCUT2D eigenvalue weighted by molar-refractivity contribution is 0.0953. The molecule has 1 amide bonds. The van der Waals surface area contributed by atoms with Crippen molar-refractivity contribution in [3.63, 3.8) is 0 Å². The second-order valence-corrected chi connectivity index (χ2v) is 6.75. The van der Waals surface area contributed by atoms with Gasteiger partial charge in [-0.2, -0.15) is 0 Å². The molecular formula is C11H15ClN2O4S. The van der Waals surface area contributed by atoms with Crippen LogP contribution < -0.4 is 5.32 Å². The Hall–Kier alpha value is -1.31. The molecular weight excluding hydrogens is 292 g/mol. The van der Waals surface area contributed by atoms with Gasteiger partial charge in [-0.05, 0) is 18.2 Å². The summed E-state index contributed by atoms with van der Waals surface area (Å²) >= 11 is 5.64. The van der Waals surface area contributed by atoms with Crippen LogP contribution in [-0.2, 0) is 10.0 Å². The Morgan fingerprint density at radius 3 is 2.58 bits per heavy atom. The predicted octanol–water partition coefficient (Wildman–Crippen LogP) is 0.667. The summed E-state index contributed by atoms with van der Waals surface area (Å²) in [6.07, 6.45) is 0. The second-order valence-electron chi connectivity index (χ2n) is 4.02. The molecule has 2 N–H and O–H groups in total. The lowest BCUT2D eigenvalue weighted by Gasteiger charge is -2.12. The van der Waals surface area contributed by atoms with Crippen molar-refractivity contribution < 1.29 is 18.3 Å². The van der Waals surface area contributed by atoms with Gasteiger partial charge in [0, 0.05) is 25.7 Å². The van der Waals surface area contributed by atoms with Crippen molar-refractivity contribution in [1.29, 1.82) is 0 Å². The number of carbonyl (C=O) groups excluding carboxylic acids is 1. The van der Waals surface area contributed by atoms with E-state index in [0.717, 1.165) is 4.31 Å². The molecule has 1 rings (SSSR count). The third-order valence-corrected chi connectivity index (χ3v) is 4.47. The number of amides is 1. The Balaban J connectivity index is 2.62. The minimum absolute atomic E-state index is 0.0403. The molecule has 1 aromatic rings. The maximum atomic E-state index is 11.7.